The number of hydrogen-bond donors (Lipinski definition) is 2. The van der Waals surface area contributed by atoms with Crippen LogP contribution in [0.5, 0.6) is 5.75 Å². The normalized spacial score (nSPS) is 17.7. The van der Waals surface area contributed by atoms with Crippen LogP contribution in [0.25, 0.3) is 11.4 Å². The van der Waals surface area contributed by atoms with Gasteiger partial charge in [-0.15, -0.1) is 5.10 Å². The molecule has 0 atom stereocenters. The number of fused-ring (bicyclic) bond motifs is 1. The number of anilines is 3. The van der Waals surface area contributed by atoms with Crippen molar-refractivity contribution in [2.45, 2.75) is 45.3 Å². The number of piperazine rings is 1. The van der Waals surface area contributed by atoms with Gasteiger partial charge in [-0.05, 0) is 61.6 Å². The molecule has 1 spiro atoms. The zero-order valence-corrected chi connectivity index (χ0v) is 27.4. The van der Waals surface area contributed by atoms with E-state index >= 15 is 0 Å². The first-order valence-corrected chi connectivity index (χ1v) is 16.4. The Bertz CT molecular complexity index is 2020. The lowest BCUT2D eigenvalue weighted by Gasteiger charge is -2.43. The number of alkyl halides is 3. The molecule has 0 radical (unpaired) electrons. The summed E-state index contributed by atoms with van der Waals surface area (Å²) in [5.74, 6) is 0.537. The second-order valence-electron chi connectivity index (χ2n) is 12.7. The number of nitrogens with one attached hydrogen (secondary N) is 1. The van der Waals surface area contributed by atoms with Crippen LogP contribution in [0.15, 0.2) is 47.4 Å². The quantitative estimate of drug-likeness (QED) is 0.280. The number of pyridine rings is 1. The van der Waals surface area contributed by atoms with Gasteiger partial charge in [-0.1, -0.05) is 24.6 Å². The molecule has 12 nitrogen and oxygen atoms in total. The first kappa shape index (κ1) is 32.9. The maximum atomic E-state index is 14.2. The molecule has 4 aromatic rings. The minimum absolute atomic E-state index is 0.0207. The molecule has 1 aliphatic carbocycles. The highest BCUT2D eigenvalue weighted by molar-refractivity contribution is 6.33. The maximum Gasteiger partial charge on any atom is 0.416 e. The molecular weight excluding hydrogens is 665 g/mol. The van der Waals surface area contributed by atoms with Crippen molar-refractivity contribution in [3.63, 3.8) is 0 Å². The summed E-state index contributed by atoms with van der Waals surface area (Å²) >= 11 is 6.14. The summed E-state index contributed by atoms with van der Waals surface area (Å²) in [7, 11) is 0. The molecular formula is C33H34ClF3N8O4. The molecule has 1 amide bonds. The molecule has 0 unspecified atom stereocenters. The fourth-order valence-corrected chi connectivity index (χ4v) is 6.99. The van der Waals surface area contributed by atoms with Gasteiger partial charge >= 0.3 is 6.18 Å². The number of benzene rings is 1. The molecule has 2 aliphatic heterocycles. The smallest absolute Gasteiger partial charge is 0.416 e. The largest absolute Gasteiger partial charge is 0.504 e. The van der Waals surface area contributed by atoms with E-state index in [1.165, 1.54) is 4.52 Å². The predicted octanol–water partition coefficient (Wildman–Crippen LogP) is 4.78. The summed E-state index contributed by atoms with van der Waals surface area (Å²) in [4.78, 5) is 40.8. The Morgan fingerprint density at radius 2 is 1.90 bits per heavy atom. The average Bonchev–Trinajstić information content (AvgIpc) is 3.52. The van der Waals surface area contributed by atoms with Crippen LogP contribution in [-0.4, -0.2) is 74.6 Å². The number of nitrogens with zero attached hydrogens (tertiary/aromatic N) is 7. The number of amides is 1. The van der Waals surface area contributed by atoms with Crippen molar-refractivity contribution >= 4 is 46.1 Å². The first-order valence-electron chi connectivity index (χ1n) is 16.1. The van der Waals surface area contributed by atoms with E-state index in [2.05, 4.69) is 21.5 Å². The summed E-state index contributed by atoms with van der Waals surface area (Å²) in [5.41, 5.74) is 0.701. The van der Waals surface area contributed by atoms with Crippen molar-refractivity contribution in [3.05, 3.63) is 75.1 Å². The van der Waals surface area contributed by atoms with Crippen LogP contribution in [0.3, 0.4) is 0 Å². The fraction of sp³-hybridized carbons (Fsp3) is 0.424. The van der Waals surface area contributed by atoms with Gasteiger partial charge in [0, 0.05) is 37.8 Å². The molecule has 0 saturated carbocycles. The molecule has 16 heteroatoms. The highest BCUT2D eigenvalue weighted by Crippen LogP contribution is 2.43. The number of aromatic hydroxyl groups is 1. The van der Waals surface area contributed by atoms with E-state index in [1.807, 2.05) is 16.7 Å². The van der Waals surface area contributed by atoms with E-state index in [9.17, 15) is 27.9 Å². The summed E-state index contributed by atoms with van der Waals surface area (Å²) < 4.78 is 47.9. The average molecular weight is 699 g/mol. The van der Waals surface area contributed by atoms with E-state index < -0.39 is 17.6 Å². The standard InChI is InChI=1S/C33H34ClF3N8O4/c1-2-24-27(42-12-14-43(15-13-42)29-25(46)4-3-11-38-29)30(48)45-31(40-28(41-45)20-7-9-32(10-8-20)18-49-19-32)44(24)17-26(47)39-23-6-5-21(16-22(23)34)33(35,36)37/h3-7,11,16,46H,2,8-10,12-15,17-19H2,1H3,(H,39,47). The van der Waals surface area contributed by atoms with Crippen LogP contribution in [0.4, 0.5) is 30.4 Å². The zero-order chi connectivity index (χ0) is 34.5. The van der Waals surface area contributed by atoms with Crippen LogP contribution in [0.1, 0.15) is 43.3 Å². The second kappa shape index (κ2) is 12.7. The number of rotatable bonds is 7. The zero-order valence-electron chi connectivity index (χ0n) is 26.6. The summed E-state index contributed by atoms with van der Waals surface area (Å²) in [6, 6.07) is 5.94. The molecule has 3 aromatic heterocycles. The Hall–Kier alpha value is -4.63. The fourth-order valence-electron chi connectivity index (χ4n) is 6.77. The molecule has 1 aromatic carbocycles. The number of hydrogen-bond acceptors (Lipinski definition) is 9. The summed E-state index contributed by atoms with van der Waals surface area (Å²) in [6.45, 7) is 4.79. The van der Waals surface area contributed by atoms with Crippen molar-refractivity contribution in [1.82, 2.24) is 24.1 Å². The molecule has 258 valence electrons. The van der Waals surface area contributed by atoms with Crippen molar-refractivity contribution in [2.75, 3.05) is 54.5 Å². The molecule has 49 heavy (non-hydrogen) atoms. The molecule has 0 bridgehead atoms. The Balaban J connectivity index is 1.25. The third-order valence-corrected chi connectivity index (χ3v) is 9.82. The van der Waals surface area contributed by atoms with Crippen LogP contribution in [0, 0.1) is 5.41 Å². The SMILES string of the molecule is CCc1c(N2CCN(c3ncccc3O)CC2)c(=O)n2nc(C3=CCC4(CC3)COC4)nc2n1CC(=O)Nc1ccc(C(F)(F)F)cc1Cl. The third kappa shape index (κ3) is 6.21. The Morgan fingerprint density at radius 1 is 1.14 bits per heavy atom. The minimum atomic E-state index is -4.59. The van der Waals surface area contributed by atoms with Gasteiger partial charge in [-0.25, -0.2) is 4.98 Å². The number of allylic oxidation sites excluding steroid dienone is 2. The van der Waals surface area contributed by atoms with Crippen LogP contribution >= 0.6 is 11.6 Å². The Morgan fingerprint density at radius 3 is 2.51 bits per heavy atom. The highest BCUT2D eigenvalue weighted by Gasteiger charge is 2.40. The minimum Gasteiger partial charge on any atom is -0.504 e. The van der Waals surface area contributed by atoms with Gasteiger partial charge in [0.25, 0.3) is 5.56 Å². The van der Waals surface area contributed by atoms with Gasteiger partial charge in [0.1, 0.15) is 12.2 Å². The van der Waals surface area contributed by atoms with Crippen molar-refractivity contribution in [2.24, 2.45) is 5.41 Å². The maximum absolute atomic E-state index is 14.2. The highest BCUT2D eigenvalue weighted by atomic mass is 35.5. The Labute approximate surface area is 283 Å². The Kier molecular flexibility index (Phi) is 8.51. The molecule has 5 heterocycles. The van der Waals surface area contributed by atoms with Crippen LogP contribution < -0.4 is 20.7 Å². The number of halogens is 4. The van der Waals surface area contributed by atoms with Crippen molar-refractivity contribution in [1.29, 1.82) is 0 Å². The first-order chi connectivity index (χ1) is 23.5. The van der Waals surface area contributed by atoms with E-state index in [0.29, 0.717) is 68.8 Å². The van der Waals surface area contributed by atoms with E-state index in [4.69, 9.17) is 21.3 Å². The van der Waals surface area contributed by atoms with Gasteiger partial charge in [-0.2, -0.15) is 22.7 Å². The van der Waals surface area contributed by atoms with Crippen LogP contribution in [-0.2, 0) is 28.7 Å². The number of carbonyl (C=O) groups excluding carboxylic acids is 1. The molecule has 2 fully saturated rings. The predicted molar refractivity (Wildman–Crippen MR) is 177 cm³/mol. The second-order valence-corrected chi connectivity index (χ2v) is 13.1. The van der Waals surface area contributed by atoms with Gasteiger partial charge < -0.3 is 29.5 Å². The van der Waals surface area contributed by atoms with Gasteiger partial charge in [-0.3, -0.25) is 9.59 Å². The molecule has 2 N–H and O–H groups in total. The summed E-state index contributed by atoms with van der Waals surface area (Å²) in [5, 5.41) is 17.4. The van der Waals surface area contributed by atoms with E-state index in [1.54, 1.807) is 22.9 Å². The van der Waals surface area contributed by atoms with Crippen molar-refractivity contribution < 1.29 is 27.8 Å². The molecule has 2 saturated heterocycles. The van der Waals surface area contributed by atoms with Gasteiger partial charge in [0.2, 0.25) is 11.7 Å². The lowest BCUT2D eigenvalue weighted by molar-refractivity contribution is -0.137. The number of carbonyl (C=O) groups is 1. The number of ether oxygens (including phenoxy) is 1. The van der Waals surface area contributed by atoms with Gasteiger partial charge in [0.15, 0.2) is 17.4 Å². The van der Waals surface area contributed by atoms with Gasteiger partial charge in [0.05, 0.1) is 35.2 Å². The van der Waals surface area contributed by atoms with Crippen molar-refractivity contribution in [3.8, 4) is 5.75 Å². The lowest BCUT2D eigenvalue weighted by atomic mass is 9.73. The molecule has 3 aliphatic rings. The van der Waals surface area contributed by atoms with E-state index in [0.717, 1.165) is 43.0 Å². The number of aromatic nitrogens is 5. The monoisotopic (exact) mass is 698 g/mol. The van der Waals surface area contributed by atoms with E-state index in [-0.39, 0.29) is 39.8 Å². The van der Waals surface area contributed by atoms with Crippen LogP contribution in [0.2, 0.25) is 5.02 Å². The third-order valence-electron chi connectivity index (χ3n) is 9.50. The topological polar surface area (TPSA) is 130 Å². The summed E-state index contributed by atoms with van der Waals surface area (Å²) in [6.07, 6.45) is 1.94. The lowest BCUT2D eigenvalue weighted by Crippen LogP contribution is -2.49. The molecule has 7 rings (SSSR count).